The highest BCUT2D eigenvalue weighted by atomic mass is 32.1. The molecule has 0 N–H and O–H groups in total. The molecule has 0 saturated carbocycles. The molecule has 0 aliphatic carbocycles. The lowest BCUT2D eigenvalue weighted by Crippen LogP contribution is -2.01. The smallest absolute Gasteiger partial charge is 0.166 e. The van der Waals surface area contributed by atoms with Crippen LogP contribution in [0.1, 0.15) is 12.7 Å². The van der Waals surface area contributed by atoms with Gasteiger partial charge < -0.3 is 0 Å². The molecule has 12 heavy (non-hydrogen) atoms. The molecule has 0 aliphatic rings. The van der Waals surface area contributed by atoms with Gasteiger partial charge in [0.2, 0.25) is 0 Å². The Hall–Kier alpha value is -1.23. The Bertz CT molecular complexity index is 351. The third kappa shape index (κ3) is 1.12. The zero-order chi connectivity index (χ0) is 8.39. The Morgan fingerprint density at radius 3 is 3.08 bits per heavy atom. The Morgan fingerprint density at radius 2 is 2.42 bits per heavy atom. The second-order valence-electron chi connectivity index (χ2n) is 2.29. The summed E-state index contributed by atoms with van der Waals surface area (Å²) in [6, 6.07) is 0. The molecule has 2 aromatic heterocycles. The van der Waals surface area contributed by atoms with E-state index in [-0.39, 0.29) is 0 Å². The lowest BCUT2D eigenvalue weighted by molar-refractivity contribution is 0.784. The number of hydrogen-bond acceptors (Lipinski definition) is 4. The van der Waals surface area contributed by atoms with Crippen LogP contribution in [0.25, 0.3) is 5.82 Å². The maximum atomic E-state index is 4.15. The number of aryl methyl sites for hydroxylation is 1. The summed E-state index contributed by atoms with van der Waals surface area (Å²) in [6.45, 7) is 2.05. The van der Waals surface area contributed by atoms with Gasteiger partial charge in [-0.2, -0.15) is 9.78 Å². The Morgan fingerprint density at radius 1 is 1.50 bits per heavy atom. The van der Waals surface area contributed by atoms with E-state index in [1.807, 2.05) is 12.3 Å². The van der Waals surface area contributed by atoms with E-state index in [4.69, 9.17) is 0 Å². The van der Waals surface area contributed by atoms with Crippen molar-refractivity contribution in [2.45, 2.75) is 13.3 Å². The fourth-order valence-electron chi connectivity index (χ4n) is 1.01. The van der Waals surface area contributed by atoms with Crippen molar-refractivity contribution in [2.75, 3.05) is 0 Å². The van der Waals surface area contributed by atoms with Crippen LogP contribution in [0.5, 0.6) is 0 Å². The van der Waals surface area contributed by atoms with Gasteiger partial charge in [0, 0.05) is 11.8 Å². The maximum absolute atomic E-state index is 4.15. The number of thiazole rings is 1. The molecule has 0 fully saturated rings. The van der Waals surface area contributed by atoms with E-state index in [1.54, 1.807) is 27.9 Å². The molecule has 2 heterocycles. The summed E-state index contributed by atoms with van der Waals surface area (Å²) in [5, 5.41) is 6.03. The molecule has 0 aliphatic heterocycles. The first kappa shape index (κ1) is 7.42. The van der Waals surface area contributed by atoms with Gasteiger partial charge in [0.05, 0.1) is 5.51 Å². The first-order chi connectivity index (χ1) is 5.92. The zero-order valence-electron chi connectivity index (χ0n) is 6.64. The average molecular weight is 180 g/mol. The van der Waals surface area contributed by atoms with Gasteiger partial charge >= 0.3 is 0 Å². The van der Waals surface area contributed by atoms with Gasteiger partial charge in [0.1, 0.15) is 12.2 Å². The highest BCUT2D eigenvalue weighted by molar-refractivity contribution is 7.07. The third-order valence-electron chi connectivity index (χ3n) is 1.57. The molecule has 0 spiro atoms. The predicted octanol–water partition coefficient (Wildman–Crippen LogP) is 1.29. The van der Waals surface area contributed by atoms with Crippen LogP contribution >= 0.6 is 11.3 Å². The minimum Gasteiger partial charge on any atom is -0.225 e. The molecule has 2 rings (SSSR count). The first-order valence-electron chi connectivity index (χ1n) is 3.69. The topological polar surface area (TPSA) is 43.6 Å². The van der Waals surface area contributed by atoms with Crippen LogP contribution in [0.15, 0.2) is 17.2 Å². The van der Waals surface area contributed by atoms with Crippen molar-refractivity contribution in [3.05, 3.63) is 23.0 Å². The number of aromatic nitrogens is 4. The molecule has 0 bridgehead atoms. The second kappa shape index (κ2) is 3.02. The first-order valence-corrected chi connectivity index (χ1v) is 4.63. The Labute approximate surface area is 73.9 Å². The van der Waals surface area contributed by atoms with Crippen molar-refractivity contribution < 1.29 is 0 Å². The molecular formula is C7H8N4S. The molecule has 0 aromatic carbocycles. The van der Waals surface area contributed by atoms with Gasteiger partial charge in [-0.1, -0.05) is 6.92 Å². The highest BCUT2D eigenvalue weighted by Gasteiger charge is 2.04. The number of hydrogen-bond donors (Lipinski definition) is 0. The van der Waals surface area contributed by atoms with E-state index < -0.39 is 0 Å². The summed E-state index contributed by atoms with van der Waals surface area (Å²) in [6.07, 6.45) is 2.43. The lowest BCUT2D eigenvalue weighted by Gasteiger charge is -1.97. The van der Waals surface area contributed by atoms with Crippen molar-refractivity contribution in [3.63, 3.8) is 0 Å². The quantitative estimate of drug-likeness (QED) is 0.699. The van der Waals surface area contributed by atoms with Crippen LogP contribution in [0, 0.1) is 0 Å². The minimum absolute atomic E-state index is 0.856. The maximum Gasteiger partial charge on any atom is 0.166 e. The van der Waals surface area contributed by atoms with Gasteiger partial charge in [-0.05, 0) is 0 Å². The standard InChI is InChI=1S/C7H8N4S/c1-2-6-8-4-10-11(6)7-3-12-5-9-7/h3-5H,2H2,1H3. The van der Waals surface area contributed by atoms with E-state index in [2.05, 4.69) is 15.1 Å². The van der Waals surface area contributed by atoms with Crippen LogP contribution < -0.4 is 0 Å². The van der Waals surface area contributed by atoms with Gasteiger partial charge in [-0.15, -0.1) is 11.3 Å². The van der Waals surface area contributed by atoms with Gasteiger partial charge in [-0.25, -0.2) is 9.97 Å². The molecule has 0 radical (unpaired) electrons. The van der Waals surface area contributed by atoms with Crippen molar-refractivity contribution >= 4 is 11.3 Å². The number of rotatable bonds is 2. The van der Waals surface area contributed by atoms with E-state index in [9.17, 15) is 0 Å². The number of nitrogens with zero attached hydrogens (tertiary/aromatic N) is 4. The molecule has 2 aromatic rings. The van der Waals surface area contributed by atoms with Crippen LogP contribution in [0.4, 0.5) is 0 Å². The fraction of sp³-hybridized carbons (Fsp3) is 0.286. The molecule has 0 unspecified atom stereocenters. The molecule has 4 nitrogen and oxygen atoms in total. The van der Waals surface area contributed by atoms with Crippen molar-refractivity contribution in [3.8, 4) is 5.82 Å². The lowest BCUT2D eigenvalue weighted by atomic mass is 10.4. The monoisotopic (exact) mass is 180 g/mol. The molecule has 0 saturated heterocycles. The molecular weight excluding hydrogens is 172 g/mol. The molecule has 62 valence electrons. The summed E-state index contributed by atoms with van der Waals surface area (Å²) >= 11 is 1.56. The van der Waals surface area contributed by atoms with E-state index in [1.165, 1.54) is 0 Å². The van der Waals surface area contributed by atoms with Crippen LogP contribution in [-0.4, -0.2) is 19.7 Å². The molecule has 0 atom stereocenters. The predicted molar refractivity (Wildman–Crippen MR) is 46.4 cm³/mol. The highest BCUT2D eigenvalue weighted by Crippen LogP contribution is 2.08. The minimum atomic E-state index is 0.856. The summed E-state index contributed by atoms with van der Waals surface area (Å²) in [4.78, 5) is 8.25. The van der Waals surface area contributed by atoms with E-state index >= 15 is 0 Å². The van der Waals surface area contributed by atoms with Gasteiger partial charge in [0.15, 0.2) is 5.82 Å². The van der Waals surface area contributed by atoms with Crippen molar-refractivity contribution in [2.24, 2.45) is 0 Å². The van der Waals surface area contributed by atoms with Crippen LogP contribution in [0.3, 0.4) is 0 Å². The van der Waals surface area contributed by atoms with E-state index in [0.29, 0.717) is 0 Å². The third-order valence-corrected chi connectivity index (χ3v) is 2.14. The van der Waals surface area contributed by atoms with Crippen molar-refractivity contribution in [1.82, 2.24) is 19.7 Å². The second-order valence-corrected chi connectivity index (χ2v) is 3.01. The summed E-state index contributed by atoms with van der Waals surface area (Å²) < 4.78 is 1.76. The fourth-order valence-corrected chi connectivity index (χ4v) is 1.52. The summed E-state index contributed by atoms with van der Waals surface area (Å²) in [7, 11) is 0. The van der Waals surface area contributed by atoms with Crippen LogP contribution in [-0.2, 0) is 6.42 Å². The Kier molecular flexibility index (Phi) is 1.87. The molecule has 0 amide bonds. The van der Waals surface area contributed by atoms with E-state index in [0.717, 1.165) is 18.1 Å². The summed E-state index contributed by atoms with van der Waals surface area (Å²) in [5.41, 5.74) is 1.79. The van der Waals surface area contributed by atoms with Crippen molar-refractivity contribution in [1.29, 1.82) is 0 Å². The SMILES string of the molecule is CCc1ncnn1-c1cscn1. The average Bonchev–Trinajstić information content (AvgIpc) is 2.74. The molecule has 5 heteroatoms. The summed E-state index contributed by atoms with van der Waals surface area (Å²) in [5.74, 6) is 1.80. The van der Waals surface area contributed by atoms with Gasteiger partial charge in [0.25, 0.3) is 0 Å². The zero-order valence-corrected chi connectivity index (χ0v) is 7.45. The largest absolute Gasteiger partial charge is 0.225 e. The van der Waals surface area contributed by atoms with Gasteiger partial charge in [-0.3, -0.25) is 0 Å². The Balaban J connectivity index is 2.46. The van der Waals surface area contributed by atoms with Crippen LogP contribution in [0.2, 0.25) is 0 Å². The normalized spacial score (nSPS) is 10.4.